The van der Waals surface area contributed by atoms with Gasteiger partial charge in [-0.05, 0) is 108 Å². The zero-order valence-corrected chi connectivity index (χ0v) is 33.3. The number of fused-ring (bicyclic) bond motifs is 21. The molecule has 10 aromatic carbocycles. The summed E-state index contributed by atoms with van der Waals surface area (Å²) in [5.74, 6) is 0. The van der Waals surface area contributed by atoms with E-state index in [2.05, 4.69) is 229 Å². The van der Waals surface area contributed by atoms with Crippen molar-refractivity contribution in [1.29, 1.82) is 0 Å². The van der Waals surface area contributed by atoms with Gasteiger partial charge in [-0.2, -0.15) is 0 Å². The van der Waals surface area contributed by atoms with Crippen LogP contribution in [0, 0.1) is 0 Å². The average Bonchev–Trinajstić information content (AvgIpc) is 3.93. The van der Waals surface area contributed by atoms with Crippen molar-refractivity contribution in [2.24, 2.45) is 0 Å². The van der Waals surface area contributed by atoms with Crippen LogP contribution in [-0.2, 0) is 10.8 Å². The monoisotopic (exact) mass is 771 g/mol. The fraction of sp³-hybridized carbons (Fsp3) is 0.0333. The first-order valence-corrected chi connectivity index (χ1v) is 21.4. The van der Waals surface area contributed by atoms with Crippen molar-refractivity contribution in [3.05, 3.63) is 269 Å². The van der Waals surface area contributed by atoms with Gasteiger partial charge in [0.2, 0.25) is 0 Å². The summed E-state index contributed by atoms with van der Waals surface area (Å²) in [6.07, 6.45) is 0. The number of nitrogens with zero attached hydrogens (tertiary/aromatic N) is 1. The third-order valence-corrected chi connectivity index (χ3v) is 14.5. The summed E-state index contributed by atoms with van der Waals surface area (Å²) in [6, 6.07) is 84.8. The second kappa shape index (κ2) is 11.9. The molecule has 0 saturated heterocycles. The van der Waals surface area contributed by atoms with Gasteiger partial charge in [-0.1, -0.05) is 200 Å². The smallest absolute Gasteiger partial charge is 0.0720 e. The van der Waals surface area contributed by atoms with E-state index in [1.165, 1.54) is 110 Å². The lowest BCUT2D eigenvalue weighted by molar-refractivity contribution is 0.633. The number of hydrogen-bond acceptors (Lipinski definition) is 0. The van der Waals surface area contributed by atoms with Crippen molar-refractivity contribution >= 4 is 32.6 Å². The Hall–Kier alpha value is -7.74. The molecule has 1 heteroatoms. The molecular weight excluding hydrogens is 735 g/mol. The van der Waals surface area contributed by atoms with E-state index in [1.54, 1.807) is 0 Å². The van der Waals surface area contributed by atoms with Gasteiger partial charge in [0.15, 0.2) is 0 Å². The van der Waals surface area contributed by atoms with Crippen LogP contribution in [0.5, 0.6) is 0 Å². The van der Waals surface area contributed by atoms with E-state index in [9.17, 15) is 0 Å². The maximum absolute atomic E-state index is 2.58. The summed E-state index contributed by atoms with van der Waals surface area (Å²) in [7, 11) is 0. The number of aromatic nitrogens is 1. The fourth-order valence-electron chi connectivity index (χ4n) is 12.2. The lowest BCUT2D eigenvalue weighted by atomic mass is 9.52. The van der Waals surface area contributed by atoms with Crippen molar-refractivity contribution in [3.8, 4) is 39.1 Å². The predicted molar refractivity (Wildman–Crippen MR) is 252 cm³/mol. The van der Waals surface area contributed by atoms with Crippen molar-refractivity contribution in [2.75, 3.05) is 0 Å². The van der Waals surface area contributed by atoms with Crippen LogP contribution in [0.1, 0.15) is 44.5 Å². The third-order valence-electron chi connectivity index (χ3n) is 14.5. The summed E-state index contributed by atoms with van der Waals surface area (Å²) in [5.41, 5.74) is 21.1. The first kappa shape index (κ1) is 33.1. The Balaban J connectivity index is 1.13. The molecule has 0 fully saturated rings. The summed E-state index contributed by atoms with van der Waals surface area (Å²) in [5, 5.41) is 5.03. The molecular formula is C60H37N. The minimum Gasteiger partial charge on any atom is -0.309 e. The largest absolute Gasteiger partial charge is 0.309 e. The number of hydrogen-bond donors (Lipinski definition) is 0. The van der Waals surface area contributed by atoms with Crippen LogP contribution in [0.4, 0.5) is 0 Å². The van der Waals surface area contributed by atoms with Crippen LogP contribution >= 0.6 is 0 Å². The molecule has 14 rings (SSSR count). The standard InChI is InChI=1S/C60H37N/c1-2-17-38(18-3-1)40-20-16-21-41(35-40)61-57-37-47-45-25-8-11-28-51(45)60(56(47)36-48(57)46-34-33-39-19-4-5-22-42(39)58(46)61)54-31-14-12-29-52(54)59(53-30-13-15-32-55(53)60)49-26-9-6-23-43(49)44-24-7-10-27-50(44)59/h1-37H. The van der Waals surface area contributed by atoms with Crippen LogP contribution in [0.25, 0.3) is 71.6 Å². The van der Waals surface area contributed by atoms with E-state index < -0.39 is 10.8 Å². The van der Waals surface area contributed by atoms with Crippen LogP contribution in [-0.4, -0.2) is 4.57 Å². The topological polar surface area (TPSA) is 4.93 Å². The van der Waals surface area contributed by atoms with Gasteiger partial charge < -0.3 is 4.57 Å². The summed E-state index contributed by atoms with van der Waals surface area (Å²) >= 11 is 0. The minimum atomic E-state index is -0.552. The molecule has 11 aromatic rings. The Kier molecular flexibility index (Phi) is 6.48. The molecule has 3 aliphatic carbocycles. The SMILES string of the molecule is c1ccc(-c2cccc(-n3c4cc5c(cc4c4ccc6ccccc6c43)C3(c4ccccc4-5)c4ccccc4C4(c5ccccc5-c5ccccc54)c4ccccc43)c2)cc1. The number of benzene rings is 10. The quantitative estimate of drug-likeness (QED) is 0.165. The predicted octanol–water partition coefficient (Wildman–Crippen LogP) is 14.6. The van der Waals surface area contributed by atoms with Gasteiger partial charge in [-0.25, -0.2) is 0 Å². The molecule has 1 aromatic heterocycles. The molecule has 1 heterocycles. The highest BCUT2D eigenvalue weighted by Gasteiger charge is 2.59. The molecule has 2 spiro atoms. The van der Waals surface area contributed by atoms with Gasteiger partial charge in [-0.3, -0.25) is 0 Å². The van der Waals surface area contributed by atoms with E-state index in [-0.39, 0.29) is 0 Å². The fourth-order valence-corrected chi connectivity index (χ4v) is 12.2. The van der Waals surface area contributed by atoms with Crippen LogP contribution < -0.4 is 0 Å². The first-order chi connectivity index (χ1) is 30.3. The normalized spacial score (nSPS) is 14.5. The zero-order valence-electron chi connectivity index (χ0n) is 33.3. The molecule has 0 atom stereocenters. The first-order valence-electron chi connectivity index (χ1n) is 21.4. The highest BCUT2D eigenvalue weighted by Crippen LogP contribution is 2.67. The van der Waals surface area contributed by atoms with Gasteiger partial charge in [0.25, 0.3) is 0 Å². The van der Waals surface area contributed by atoms with Crippen molar-refractivity contribution < 1.29 is 0 Å². The van der Waals surface area contributed by atoms with Gasteiger partial charge in [0.05, 0.1) is 21.9 Å². The molecule has 3 aliphatic rings. The van der Waals surface area contributed by atoms with Gasteiger partial charge >= 0.3 is 0 Å². The third kappa shape index (κ3) is 4.02. The Morgan fingerprint density at radius 2 is 0.770 bits per heavy atom. The highest BCUT2D eigenvalue weighted by atomic mass is 15.0. The second-order valence-electron chi connectivity index (χ2n) is 17.1. The van der Waals surface area contributed by atoms with Gasteiger partial charge in [0, 0.05) is 21.8 Å². The van der Waals surface area contributed by atoms with Gasteiger partial charge in [0.1, 0.15) is 0 Å². The summed E-state index contributed by atoms with van der Waals surface area (Å²) in [4.78, 5) is 0. The molecule has 61 heavy (non-hydrogen) atoms. The molecule has 1 nitrogen and oxygen atoms in total. The Morgan fingerprint density at radius 1 is 0.279 bits per heavy atom. The molecule has 0 amide bonds. The second-order valence-corrected chi connectivity index (χ2v) is 17.1. The molecule has 0 unspecified atom stereocenters. The molecule has 0 bridgehead atoms. The van der Waals surface area contributed by atoms with E-state index in [0.717, 1.165) is 5.69 Å². The lowest BCUT2D eigenvalue weighted by Gasteiger charge is -2.48. The highest BCUT2D eigenvalue weighted by molar-refractivity contribution is 6.20. The van der Waals surface area contributed by atoms with Crippen LogP contribution in [0.3, 0.4) is 0 Å². The number of rotatable bonds is 2. The summed E-state index contributed by atoms with van der Waals surface area (Å²) < 4.78 is 2.54. The molecule has 282 valence electrons. The Labute approximate surface area is 354 Å². The van der Waals surface area contributed by atoms with Crippen LogP contribution in [0.15, 0.2) is 224 Å². The summed E-state index contributed by atoms with van der Waals surface area (Å²) in [6.45, 7) is 0. The van der Waals surface area contributed by atoms with E-state index in [0.29, 0.717) is 0 Å². The molecule has 0 N–H and O–H groups in total. The minimum absolute atomic E-state index is 0.466. The maximum atomic E-state index is 2.58. The van der Waals surface area contributed by atoms with Crippen molar-refractivity contribution in [3.63, 3.8) is 0 Å². The van der Waals surface area contributed by atoms with Crippen LogP contribution in [0.2, 0.25) is 0 Å². The molecule has 0 radical (unpaired) electrons. The Morgan fingerprint density at radius 3 is 1.39 bits per heavy atom. The maximum Gasteiger partial charge on any atom is 0.0720 e. The van der Waals surface area contributed by atoms with E-state index in [1.807, 2.05) is 0 Å². The van der Waals surface area contributed by atoms with Gasteiger partial charge in [-0.15, -0.1) is 0 Å². The lowest BCUT2D eigenvalue weighted by Crippen LogP contribution is -2.43. The van der Waals surface area contributed by atoms with E-state index in [4.69, 9.17) is 0 Å². The molecule has 0 saturated carbocycles. The molecule has 0 aliphatic heterocycles. The van der Waals surface area contributed by atoms with Crippen molar-refractivity contribution in [1.82, 2.24) is 4.57 Å². The van der Waals surface area contributed by atoms with Crippen molar-refractivity contribution in [2.45, 2.75) is 10.8 Å². The van der Waals surface area contributed by atoms with E-state index >= 15 is 0 Å². The Bertz CT molecular complexity index is 3560. The zero-order chi connectivity index (χ0) is 39.9. The average molecular weight is 772 g/mol.